The van der Waals surface area contributed by atoms with E-state index in [0.717, 1.165) is 32.6 Å². The predicted molar refractivity (Wildman–Crippen MR) is 92.5 cm³/mol. The molecule has 21 heavy (non-hydrogen) atoms. The summed E-state index contributed by atoms with van der Waals surface area (Å²) in [5.74, 6) is 0.618. The largest absolute Gasteiger partial charge is 0.329 e. The minimum Gasteiger partial charge on any atom is -0.329 e. The van der Waals surface area contributed by atoms with Gasteiger partial charge in [-0.05, 0) is 36.6 Å². The highest BCUT2D eigenvalue weighted by Gasteiger charge is 2.13. The number of nitrogens with two attached hydrogens (primary N) is 1. The third-order valence-electron chi connectivity index (χ3n) is 4.13. The third-order valence-corrected chi connectivity index (χ3v) is 4.13. The average molecular weight is 291 g/mol. The van der Waals surface area contributed by atoms with Crippen molar-refractivity contribution in [2.24, 2.45) is 11.7 Å². The van der Waals surface area contributed by atoms with Gasteiger partial charge >= 0.3 is 0 Å². The minimum atomic E-state index is 0.502. The van der Waals surface area contributed by atoms with Crippen LogP contribution in [0.25, 0.3) is 0 Å². The highest BCUT2D eigenvalue weighted by atomic mass is 15.1. The highest BCUT2D eigenvalue weighted by molar-refractivity contribution is 5.23. The molecule has 1 aromatic carbocycles. The van der Waals surface area contributed by atoms with Crippen LogP contribution in [0.1, 0.15) is 38.8 Å². The van der Waals surface area contributed by atoms with Gasteiger partial charge in [-0.1, -0.05) is 52.0 Å². The Bertz CT molecular complexity index is 369. The molecule has 0 aliphatic heterocycles. The molecule has 0 saturated heterocycles. The van der Waals surface area contributed by atoms with Crippen molar-refractivity contribution in [1.29, 1.82) is 0 Å². The molecule has 0 aromatic heterocycles. The van der Waals surface area contributed by atoms with Crippen molar-refractivity contribution >= 4 is 0 Å². The summed E-state index contributed by atoms with van der Waals surface area (Å²) in [6.45, 7) is 13.8. The molecule has 120 valence electrons. The van der Waals surface area contributed by atoms with Crippen LogP contribution in [0.3, 0.4) is 0 Å². The Morgan fingerprint density at radius 2 is 1.62 bits per heavy atom. The standard InChI is InChI=1S/C18H33N3/c1-5-21(6-2)14-17-9-7-16(8-10-17)13-18(15(3)4)20-12-11-19/h7-10,15,18,20H,5-6,11-14,19H2,1-4H3. The van der Waals surface area contributed by atoms with Crippen LogP contribution in [-0.4, -0.2) is 37.1 Å². The Hall–Kier alpha value is -0.900. The molecule has 1 aromatic rings. The summed E-state index contributed by atoms with van der Waals surface area (Å²) < 4.78 is 0. The smallest absolute Gasteiger partial charge is 0.0233 e. The third kappa shape index (κ3) is 6.60. The Kier molecular flexibility index (Phi) is 8.58. The van der Waals surface area contributed by atoms with Gasteiger partial charge in [0.05, 0.1) is 0 Å². The minimum absolute atomic E-state index is 0.502. The van der Waals surface area contributed by atoms with Crippen molar-refractivity contribution in [1.82, 2.24) is 10.2 Å². The fourth-order valence-corrected chi connectivity index (χ4v) is 2.55. The van der Waals surface area contributed by atoms with Crippen molar-refractivity contribution < 1.29 is 0 Å². The second-order valence-corrected chi connectivity index (χ2v) is 6.08. The second kappa shape index (κ2) is 9.93. The molecule has 3 N–H and O–H groups in total. The zero-order chi connectivity index (χ0) is 15.7. The molecule has 1 rings (SSSR count). The van der Waals surface area contributed by atoms with E-state index < -0.39 is 0 Å². The molecule has 0 heterocycles. The second-order valence-electron chi connectivity index (χ2n) is 6.08. The molecule has 0 fully saturated rings. The first kappa shape index (κ1) is 18.1. The average Bonchev–Trinajstić information content (AvgIpc) is 2.50. The molecule has 0 bridgehead atoms. The Labute approximate surface area is 130 Å². The van der Waals surface area contributed by atoms with Crippen molar-refractivity contribution in [3.63, 3.8) is 0 Å². The van der Waals surface area contributed by atoms with E-state index in [9.17, 15) is 0 Å². The SMILES string of the molecule is CCN(CC)Cc1ccc(CC(NCCN)C(C)C)cc1. The van der Waals surface area contributed by atoms with Gasteiger partial charge < -0.3 is 11.1 Å². The highest BCUT2D eigenvalue weighted by Crippen LogP contribution is 2.13. The van der Waals surface area contributed by atoms with Crippen LogP contribution in [-0.2, 0) is 13.0 Å². The zero-order valence-corrected chi connectivity index (χ0v) is 14.2. The van der Waals surface area contributed by atoms with E-state index >= 15 is 0 Å². The predicted octanol–water partition coefficient (Wildman–Crippen LogP) is 2.64. The van der Waals surface area contributed by atoms with Crippen molar-refractivity contribution in [3.8, 4) is 0 Å². The van der Waals surface area contributed by atoms with Gasteiger partial charge in [-0.2, -0.15) is 0 Å². The van der Waals surface area contributed by atoms with Crippen molar-refractivity contribution in [3.05, 3.63) is 35.4 Å². The lowest BCUT2D eigenvalue weighted by atomic mass is 9.96. The summed E-state index contributed by atoms with van der Waals surface area (Å²) in [7, 11) is 0. The van der Waals surface area contributed by atoms with Crippen molar-refractivity contribution in [2.75, 3.05) is 26.2 Å². The molecule has 0 spiro atoms. The number of hydrogen-bond acceptors (Lipinski definition) is 3. The van der Waals surface area contributed by atoms with Crippen LogP contribution < -0.4 is 11.1 Å². The maximum atomic E-state index is 5.60. The normalized spacial score (nSPS) is 13.1. The van der Waals surface area contributed by atoms with E-state index in [1.807, 2.05) is 0 Å². The van der Waals surface area contributed by atoms with Crippen LogP contribution in [0.4, 0.5) is 0 Å². The van der Waals surface area contributed by atoms with Gasteiger partial charge in [0.1, 0.15) is 0 Å². The first-order chi connectivity index (χ1) is 10.1. The van der Waals surface area contributed by atoms with Crippen LogP contribution in [0.15, 0.2) is 24.3 Å². The van der Waals surface area contributed by atoms with Gasteiger partial charge in [0.15, 0.2) is 0 Å². The summed E-state index contributed by atoms with van der Waals surface area (Å²) in [5, 5.41) is 3.55. The van der Waals surface area contributed by atoms with Crippen LogP contribution in [0.5, 0.6) is 0 Å². The lowest BCUT2D eigenvalue weighted by Gasteiger charge is -2.23. The van der Waals surface area contributed by atoms with Gasteiger partial charge in [0, 0.05) is 25.7 Å². The summed E-state index contributed by atoms with van der Waals surface area (Å²) in [4.78, 5) is 2.44. The van der Waals surface area contributed by atoms with Crippen molar-refractivity contribution in [2.45, 2.75) is 46.7 Å². The molecule has 0 aliphatic carbocycles. The molecule has 3 nitrogen and oxygen atoms in total. The Balaban J connectivity index is 2.59. The van der Waals surface area contributed by atoms with E-state index in [4.69, 9.17) is 5.73 Å². The summed E-state index contributed by atoms with van der Waals surface area (Å²) in [6, 6.07) is 9.60. The molecule has 1 unspecified atom stereocenters. The monoisotopic (exact) mass is 291 g/mol. The Morgan fingerprint density at radius 1 is 1.05 bits per heavy atom. The maximum Gasteiger partial charge on any atom is 0.0233 e. The zero-order valence-electron chi connectivity index (χ0n) is 14.2. The topological polar surface area (TPSA) is 41.3 Å². The number of nitrogens with zero attached hydrogens (tertiary/aromatic N) is 1. The molecule has 0 amide bonds. The summed E-state index contributed by atoms with van der Waals surface area (Å²) in [6.07, 6.45) is 1.07. The lowest BCUT2D eigenvalue weighted by Crippen LogP contribution is -2.38. The van der Waals surface area contributed by atoms with Crippen LogP contribution in [0.2, 0.25) is 0 Å². The molecule has 0 aliphatic rings. The maximum absolute atomic E-state index is 5.60. The van der Waals surface area contributed by atoms with E-state index in [0.29, 0.717) is 18.5 Å². The lowest BCUT2D eigenvalue weighted by molar-refractivity contribution is 0.296. The van der Waals surface area contributed by atoms with Gasteiger partial charge in [0.2, 0.25) is 0 Å². The Morgan fingerprint density at radius 3 is 2.10 bits per heavy atom. The van der Waals surface area contributed by atoms with Gasteiger partial charge in [-0.25, -0.2) is 0 Å². The number of benzene rings is 1. The van der Waals surface area contributed by atoms with Crippen LogP contribution >= 0.6 is 0 Å². The molecular formula is C18H33N3. The molecular weight excluding hydrogens is 258 g/mol. The summed E-state index contributed by atoms with van der Waals surface area (Å²) >= 11 is 0. The van der Waals surface area contributed by atoms with E-state index in [1.54, 1.807) is 0 Å². The number of hydrogen-bond donors (Lipinski definition) is 2. The fraction of sp³-hybridized carbons (Fsp3) is 0.667. The van der Waals surface area contributed by atoms with Gasteiger partial charge in [-0.3, -0.25) is 4.90 Å². The quantitative estimate of drug-likeness (QED) is 0.696. The molecule has 0 radical (unpaired) electrons. The molecule has 1 atom stereocenters. The first-order valence-electron chi connectivity index (χ1n) is 8.34. The number of nitrogens with one attached hydrogen (secondary N) is 1. The molecule has 3 heteroatoms. The number of rotatable bonds is 10. The fourth-order valence-electron chi connectivity index (χ4n) is 2.55. The summed E-state index contributed by atoms with van der Waals surface area (Å²) in [5.41, 5.74) is 8.40. The van der Waals surface area contributed by atoms with E-state index in [-0.39, 0.29) is 0 Å². The van der Waals surface area contributed by atoms with E-state index in [2.05, 4.69) is 62.2 Å². The van der Waals surface area contributed by atoms with E-state index in [1.165, 1.54) is 11.1 Å². The first-order valence-corrected chi connectivity index (χ1v) is 8.34. The van der Waals surface area contributed by atoms with Gasteiger partial charge in [-0.15, -0.1) is 0 Å². The van der Waals surface area contributed by atoms with Gasteiger partial charge in [0.25, 0.3) is 0 Å². The molecule has 0 saturated carbocycles. The van der Waals surface area contributed by atoms with Crippen LogP contribution in [0, 0.1) is 5.92 Å².